The van der Waals surface area contributed by atoms with Gasteiger partial charge in [0.1, 0.15) is 0 Å². The number of hydrogen-bond acceptors (Lipinski definition) is 4. The van der Waals surface area contributed by atoms with Crippen LogP contribution in [-0.2, 0) is 11.2 Å². The lowest BCUT2D eigenvalue weighted by Crippen LogP contribution is -2.33. The molecule has 3 aromatic carbocycles. The van der Waals surface area contributed by atoms with Crippen LogP contribution in [0, 0.1) is 0 Å². The van der Waals surface area contributed by atoms with E-state index in [-0.39, 0.29) is 23.0 Å². The lowest BCUT2D eigenvalue weighted by atomic mass is 10.1. The molecule has 0 saturated carbocycles. The molecule has 0 radical (unpaired) electrons. The number of para-hydroxylation sites is 1. The molecule has 0 aliphatic carbocycles. The highest BCUT2D eigenvalue weighted by Gasteiger charge is 2.12. The van der Waals surface area contributed by atoms with Crippen LogP contribution in [0.15, 0.2) is 66.7 Å². The van der Waals surface area contributed by atoms with Gasteiger partial charge in [-0.3, -0.25) is 9.59 Å². The maximum absolute atomic E-state index is 12.2. The molecule has 5 nitrogen and oxygen atoms in total. The fourth-order valence-electron chi connectivity index (χ4n) is 3.01. The Hall–Kier alpha value is -2.93. The summed E-state index contributed by atoms with van der Waals surface area (Å²) in [7, 11) is 0. The van der Waals surface area contributed by atoms with Gasteiger partial charge in [0.2, 0.25) is 5.91 Å². The van der Waals surface area contributed by atoms with Crippen LogP contribution in [-0.4, -0.2) is 23.3 Å². The molecule has 0 spiro atoms. The Bertz CT molecular complexity index is 1220. The molecule has 0 aliphatic rings. The summed E-state index contributed by atoms with van der Waals surface area (Å²) < 4.78 is 1.17. The molecule has 8 heteroatoms. The van der Waals surface area contributed by atoms with Crippen LogP contribution in [0.2, 0.25) is 10.0 Å². The summed E-state index contributed by atoms with van der Waals surface area (Å²) in [6, 6.07) is 20.2. The standard InChI is InChI=1S/C23H17Cl2N3O2S/c24-15-7-10-17(18(25)12-15)23(30)26-13-21(29)27-16-8-5-14(6-9-16)11-22-28-19-3-1-2-4-20(19)31-22/h1-10,12H,11,13H2,(H,26,30)(H,27,29). The Kier molecular flexibility index (Phi) is 6.51. The number of fused-ring (bicyclic) bond motifs is 1. The molecule has 1 heterocycles. The minimum Gasteiger partial charge on any atom is -0.343 e. The zero-order chi connectivity index (χ0) is 21.8. The lowest BCUT2D eigenvalue weighted by Gasteiger charge is -2.09. The number of aromatic nitrogens is 1. The van der Waals surface area contributed by atoms with Gasteiger partial charge in [0.15, 0.2) is 0 Å². The van der Waals surface area contributed by atoms with E-state index in [4.69, 9.17) is 23.2 Å². The Morgan fingerprint density at radius 2 is 1.74 bits per heavy atom. The van der Waals surface area contributed by atoms with Crippen molar-refractivity contribution < 1.29 is 9.59 Å². The van der Waals surface area contributed by atoms with Gasteiger partial charge in [-0.25, -0.2) is 4.98 Å². The quantitative estimate of drug-likeness (QED) is 0.388. The Balaban J connectivity index is 1.31. The van der Waals surface area contributed by atoms with Crippen LogP contribution in [0.3, 0.4) is 0 Å². The van der Waals surface area contributed by atoms with Gasteiger partial charge in [0.05, 0.1) is 32.4 Å². The highest BCUT2D eigenvalue weighted by Crippen LogP contribution is 2.24. The van der Waals surface area contributed by atoms with E-state index in [1.165, 1.54) is 16.8 Å². The Morgan fingerprint density at radius 3 is 2.48 bits per heavy atom. The van der Waals surface area contributed by atoms with E-state index in [9.17, 15) is 9.59 Å². The summed E-state index contributed by atoms with van der Waals surface area (Å²) in [5, 5.41) is 7.02. The molecule has 0 atom stereocenters. The molecule has 0 unspecified atom stereocenters. The Labute approximate surface area is 193 Å². The third-order valence-electron chi connectivity index (χ3n) is 4.52. The van der Waals surface area contributed by atoms with Crippen molar-refractivity contribution in [3.05, 3.63) is 92.9 Å². The van der Waals surface area contributed by atoms with Gasteiger partial charge in [-0.05, 0) is 48.0 Å². The SMILES string of the molecule is O=C(CNC(=O)c1ccc(Cl)cc1Cl)Nc1ccc(Cc2nc3ccccc3s2)cc1. The van der Waals surface area contributed by atoms with Gasteiger partial charge in [-0.1, -0.05) is 47.5 Å². The van der Waals surface area contributed by atoms with Crippen LogP contribution in [0.4, 0.5) is 5.69 Å². The fraction of sp³-hybridized carbons (Fsp3) is 0.0870. The summed E-state index contributed by atoms with van der Waals surface area (Å²) in [6.07, 6.45) is 0.728. The van der Waals surface area contributed by atoms with E-state index in [0.717, 1.165) is 22.5 Å². The van der Waals surface area contributed by atoms with Gasteiger partial charge in [-0.2, -0.15) is 0 Å². The molecule has 0 bridgehead atoms. The predicted molar refractivity (Wildman–Crippen MR) is 126 cm³/mol. The largest absolute Gasteiger partial charge is 0.343 e. The number of amides is 2. The summed E-state index contributed by atoms with van der Waals surface area (Å²) in [6.45, 7) is -0.175. The number of carbonyl (C=O) groups excluding carboxylic acids is 2. The summed E-state index contributed by atoms with van der Waals surface area (Å²) >= 11 is 13.5. The van der Waals surface area contributed by atoms with Crippen molar-refractivity contribution in [3.63, 3.8) is 0 Å². The minimum atomic E-state index is -0.442. The zero-order valence-electron chi connectivity index (χ0n) is 16.2. The molecule has 2 amide bonds. The van der Waals surface area contributed by atoms with Crippen molar-refractivity contribution in [3.8, 4) is 0 Å². The van der Waals surface area contributed by atoms with Gasteiger partial charge in [0.25, 0.3) is 5.91 Å². The number of anilines is 1. The highest BCUT2D eigenvalue weighted by molar-refractivity contribution is 7.18. The molecule has 2 N–H and O–H groups in total. The monoisotopic (exact) mass is 469 g/mol. The summed E-state index contributed by atoms with van der Waals surface area (Å²) in [5.74, 6) is -0.777. The van der Waals surface area contributed by atoms with Crippen LogP contribution < -0.4 is 10.6 Å². The number of nitrogens with one attached hydrogen (secondary N) is 2. The van der Waals surface area contributed by atoms with Crippen LogP contribution in [0.25, 0.3) is 10.2 Å². The number of thiazole rings is 1. The van der Waals surface area contributed by atoms with Crippen molar-refractivity contribution in [2.75, 3.05) is 11.9 Å². The number of rotatable bonds is 6. The van der Waals surface area contributed by atoms with E-state index in [1.807, 2.05) is 42.5 Å². The Morgan fingerprint density at radius 1 is 0.968 bits per heavy atom. The number of halogens is 2. The van der Waals surface area contributed by atoms with Crippen molar-refractivity contribution in [1.29, 1.82) is 0 Å². The highest BCUT2D eigenvalue weighted by atomic mass is 35.5. The first-order valence-corrected chi connectivity index (χ1v) is 11.0. The number of carbonyl (C=O) groups is 2. The van der Waals surface area contributed by atoms with E-state index < -0.39 is 5.91 Å². The number of nitrogens with zero attached hydrogens (tertiary/aromatic N) is 1. The topological polar surface area (TPSA) is 71.1 Å². The number of hydrogen-bond donors (Lipinski definition) is 2. The minimum absolute atomic E-state index is 0.175. The molecular weight excluding hydrogens is 453 g/mol. The molecule has 31 heavy (non-hydrogen) atoms. The van der Waals surface area contributed by atoms with E-state index in [2.05, 4.69) is 21.7 Å². The first kappa shape index (κ1) is 21.3. The third-order valence-corrected chi connectivity index (χ3v) is 6.10. The van der Waals surface area contributed by atoms with Crippen LogP contribution in [0.1, 0.15) is 20.9 Å². The molecule has 4 aromatic rings. The lowest BCUT2D eigenvalue weighted by molar-refractivity contribution is -0.115. The normalized spacial score (nSPS) is 10.8. The maximum Gasteiger partial charge on any atom is 0.253 e. The van der Waals surface area contributed by atoms with Gasteiger partial charge in [-0.15, -0.1) is 11.3 Å². The average Bonchev–Trinajstić information content (AvgIpc) is 3.16. The van der Waals surface area contributed by atoms with Crippen molar-refractivity contribution in [2.45, 2.75) is 6.42 Å². The van der Waals surface area contributed by atoms with E-state index >= 15 is 0 Å². The van der Waals surface area contributed by atoms with Gasteiger partial charge >= 0.3 is 0 Å². The second-order valence-corrected chi connectivity index (χ2v) is 8.76. The molecule has 0 fully saturated rings. The van der Waals surface area contributed by atoms with Crippen molar-refractivity contribution in [1.82, 2.24) is 10.3 Å². The van der Waals surface area contributed by atoms with Crippen molar-refractivity contribution in [2.24, 2.45) is 0 Å². The molecule has 0 saturated heterocycles. The van der Waals surface area contributed by atoms with E-state index in [0.29, 0.717) is 10.7 Å². The molecule has 156 valence electrons. The van der Waals surface area contributed by atoms with Crippen LogP contribution in [0.5, 0.6) is 0 Å². The van der Waals surface area contributed by atoms with Crippen molar-refractivity contribution >= 4 is 62.3 Å². The number of benzene rings is 3. The zero-order valence-corrected chi connectivity index (χ0v) is 18.5. The predicted octanol–water partition coefficient (Wildman–Crippen LogP) is 5.56. The molecule has 1 aromatic heterocycles. The van der Waals surface area contributed by atoms with Crippen LogP contribution >= 0.6 is 34.5 Å². The fourth-order valence-corrected chi connectivity index (χ4v) is 4.51. The molecule has 0 aliphatic heterocycles. The smallest absolute Gasteiger partial charge is 0.253 e. The first-order chi connectivity index (χ1) is 15.0. The molecule has 4 rings (SSSR count). The summed E-state index contributed by atoms with van der Waals surface area (Å²) in [5.41, 5.74) is 3.02. The second-order valence-electron chi connectivity index (χ2n) is 6.80. The van der Waals surface area contributed by atoms with E-state index in [1.54, 1.807) is 17.4 Å². The van der Waals surface area contributed by atoms with Gasteiger partial charge < -0.3 is 10.6 Å². The summed E-state index contributed by atoms with van der Waals surface area (Å²) in [4.78, 5) is 29.0. The average molecular weight is 470 g/mol. The molecular formula is C23H17Cl2N3O2S. The first-order valence-electron chi connectivity index (χ1n) is 9.44. The second kappa shape index (κ2) is 9.47. The maximum atomic E-state index is 12.2. The third kappa shape index (κ3) is 5.41. The van der Waals surface area contributed by atoms with Gasteiger partial charge in [0, 0.05) is 17.1 Å².